The topological polar surface area (TPSA) is 105 Å². The van der Waals surface area contributed by atoms with Gasteiger partial charge in [-0.1, -0.05) is 68.0 Å². The summed E-state index contributed by atoms with van der Waals surface area (Å²) in [6.45, 7) is 3.61. The normalized spacial score (nSPS) is 14.3. The second-order valence-corrected chi connectivity index (χ2v) is 7.99. The van der Waals surface area contributed by atoms with Crippen LogP contribution in [0.25, 0.3) is 11.1 Å². The Morgan fingerprint density at radius 2 is 1.66 bits per heavy atom. The number of nitrogens with one attached hydrogen (secondary N) is 2. The Labute approximate surface area is 187 Å². The van der Waals surface area contributed by atoms with E-state index < -0.39 is 23.5 Å². The molecule has 1 unspecified atom stereocenters. The first-order chi connectivity index (χ1) is 15.4. The van der Waals surface area contributed by atoms with E-state index in [2.05, 4.69) is 22.8 Å². The molecule has 0 saturated heterocycles. The van der Waals surface area contributed by atoms with Crippen LogP contribution in [0.1, 0.15) is 43.7 Å². The van der Waals surface area contributed by atoms with E-state index in [0.29, 0.717) is 12.8 Å². The van der Waals surface area contributed by atoms with Gasteiger partial charge < -0.3 is 20.5 Å². The number of aliphatic carboxylic acids is 1. The van der Waals surface area contributed by atoms with E-state index in [1.165, 1.54) is 19.1 Å². The summed E-state index contributed by atoms with van der Waals surface area (Å²) in [5.41, 5.74) is 3.25. The van der Waals surface area contributed by atoms with Crippen LogP contribution in [0, 0.1) is 0 Å². The molecular weight excluding hydrogens is 408 g/mol. The summed E-state index contributed by atoms with van der Waals surface area (Å²) < 4.78 is 5.43. The molecular formula is C25H28N2O5. The summed E-state index contributed by atoms with van der Waals surface area (Å²) in [6, 6.07) is 16.2. The van der Waals surface area contributed by atoms with Crippen LogP contribution >= 0.6 is 0 Å². The number of amides is 2. The number of ether oxygens (including phenoxy) is 1. The van der Waals surface area contributed by atoms with Gasteiger partial charge in [-0.25, -0.2) is 9.59 Å². The van der Waals surface area contributed by atoms with Gasteiger partial charge in [-0.15, -0.1) is 0 Å². The summed E-state index contributed by atoms with van der Waals surface area (Å²) in [7, 11) is 0. The fourth-order valence-electron chi connectivity index (χ4n) is 3.99. The summed E-state index contributed by atoms with van der Waals surface area (Å²) >= 11 is 0. The van der Waals surface area contributed by atoms with Crippen molar-refractivity contribution >= 4 is 18.0 Å². The first-order valence-electron chi connectivity index (χ1n) is 10.7. The second-order valence-electron chi connectivity index (χ2n) is 7.99. The Morgan fingerprint density at radius 3 is 2.22 bits per heavy atom. The molecule has 0 aromatic heterocycles. The first-order valence-corrected chi connectivity index (χ1v) is 10.7. The van der Waals surface area contributed by atoms with Gasteiger partial charge in [-0.05, 0) is 35.6 Å². The molecule has 0 fully saturated rings. The summed E-state index contributed by atoms with van der Waals surface area (Å²) in [6.07, 6.45) is 3.01. The van der Waals surface area contributed by atoms with Crippen LogP contribution in [-0.4, -0.2) is 41.8 Å². The van der Waals surface area contributed by atoms with Crippen molar-refractivity contribution in [1.82, 2.24) is 10.6 Å². The Balaban J connectivity index is 1.49. The van der Waals surface area contributed by atoms with E-state index >= 15 is 0 Å². The predicted molar refractivity (Wildman–Crippen MR) is 121 cm³/mol. The van der Waals surface area contributed by atoms with Crippen molar-refractivity contribution in [1.29, 1.82) is 0 Å². The summed E-state index contributed by atoms with van der Waals surface area (Å²) in [4.78, 5) is 35.5. The lowest BCUT2D eigenvalue weighted by molar-refractivity contribution is -0.146. The van der Waals surface area contributed by atoms with Gasteiger partial charge in [-0.2, -0.15) is 0 Å². The van der Waals surface area contributed by atoms with Gasteiger partial charge in [0, 0.05) is 18.5 Å². The maximum Gasteiger partial charge on any atom is 0.407 e. The van der Waals surface area contributed by atoms with E-state index in [4.69, 9.17) is 4.74 Å². The van der Waals surface area contributed by atoms with Gasteiger partial charge in [0.25, 0.3) is 0 Å². The van der Waals surface area contributed by atoms with Crippen molar-refractivity contribution in [2.75, 3.05) is 13.2 Å². The monoisotopic (exact) mass is 436 g/mol. The number of carbonyl (C=O) groups excluding carboxylic acids is 2. The van der Waals surface area contributed by atoms with E-state index in [1.54, 1.807) is 0 Å². The zero-order valence-corrected chi connectivity index (χ0v) is 18.3. The smallest absolute Gasteiger partial charge is 0.407 e. The third-order valence-corrected chi connectivity index (χ3v) is 5.60. The highest BCUT2D eigenvalue weighted by atomic mass is 16.5. The maximum atomic E-state index is 12.1. The molecule has 0 saturated carbocycles. The molecule has 1 aliphatic carbocycles. The Bertz CT molecular complexity index is 987. The average Bonchev–Trinajstić information content (AvgIpc) is 3.09. The van der Waals surface area contributed by atoms with Crippen LogP contribution < -0.4 is 10.6 Å². The highest BCUT2D eigenvalue weighted by molar-refractivity contribution is 5.92. The third-order valence-electron chi connectivity index (χ3n) is 5.60. The summed E-state index contributed by atoms with van der Waals surface area (Å²) in [5, 5.41) is 14.4. The lowest BCUT2D eigenvalue weighted by Gasteiger charge is -2.24. The number of carboxylic acids is 1. The fourth-order valence-corrected chi connectivity index (χ4v) is 3.99. The fraction of sp³-hybridized carbons (Fsp3) is 0.320. The van der Waals surface area contributed by atoms with Crippen LogP contribution in [0.15, 0.2) is 60.7 Å². The Morgan fingerprint density at radius 1 is 1.06 bits per heavy atom. The van der Waals surface area contributed by atoms with Gasteiger partial charge in [0.2, 0.25) is 5.91 Å². The van der Waals surface area contributed by atoms with Crippen molar-refractivity contribution in [2.24, 2.45) is 0 Å². The molecule has 168 valence electrons. The Hall–Kier alpha value is -3.61. The van der Waals surface area contributed by atoms with E-state index in [0.717, 1.165) is 22.3 Å². The van der Waals surface area contributed by atoms with E-state index in [1.807, 2.05) is 43.3 Å². The number of carbonyl (C=O) groups is 3. The van der Waals surface area contributed by atoms with Crippen LogP contribution in [0.3, 0.4) is 0 Å². The first kappa shape index (κ1) is 23.1. The number of benzene rings is 2. The van der Waals surface area contributed by atoms with Crippen molar-refractivity contribution in [3.05, 3.63) is 71.8 Å². The zero-order chi connectivity index (χ0) is 23.1. The van der Waals surface area contributed by atoms with Gasteiger partial charge in [-0.3, -0.25) is 4.79 Å². The van der Waals surface area contributed by atoms with Crippen molar-refractivity contribution in [3.8, 4) is 11.1 Å². The molecule has 3 N–H and O–H groups in total. The summed E-state index contributed by atoms with van der Waals surface area (Å²) in [5.74, 6) is -1.64. The zero-order valence-electron chi connectivity index (χ0n) is 18.3. The van der Waals surface area contributed by atoms with Gasteiger partial charge in [0.05, 0.1) is 0 Å². The Kier molecular flexibility index (Phi) is 7.30. The number of fused-ring (bicyclic) bond motifs is 3. The SMILES string of the molecule is CCCC(C)(NC(=O)/C=C/CNC(=O)OCC1c2ccccc2-c2ccccc21)C(=O)O. The van der Waals surface area contributed by atoms with Gasteiger partial charge in [0.15, 0.2) is 0 Å². The minimum atomic E-state index is -1.32. The third kappa shape index (κ3) is 5.17. The van der Waals surface area contributed by atoms with Crippen LogP contribution in [0.2, 0.25) is 0 Å². The standard InChI is InChI=1S/C25H28N2O5/c1-3-14-25(2,23(29)30)27-22(28)13-8-15-26-24(31)32-16-21-19-11-6-4-9-17(19)18-10-5-7-12-20(18)21/h4-13,21H,3,14-16H2,1-2H3,(H,26,31)(H,27,28)(H,29,30)/b13-8+. The number of alkyl carbamates (subject to hydrolysis) is 1. The average molecular weight is 437 g/mol. The molecule has 2 aromatic rings. The van der Waals surface area contributed by atoms with Crippen molar-refractivity contribution in [3.63, 3.8) is 0 Å². The quantitative estimate of drug-likeness (QED) is 0.518. The molecule has 2 amide bonds. The minimum Gasteiger partial charge on any atom is -0.480 e. The molecule has 0 heterocycles. The van der Waals surface area contributed by atoms with E-state index in [-0.39, 0.29) is 19.1 Å². The van der Waals surface area contributed by atoms with Crippen molar-refractivity contribution in [2.45, 2.75) is 38.1 Å². The molecule has 32 heavy (non-hydrogen) atoms. The van der Waals surface area contributed by atoms with Crippen LogP contribution in [0.5, 0.6) is 0 Å². The second kappa shape index (κ2) is 10.1. The van der Waals surface area contributed by atoms with E-state index in [9.17, 15) is 19.5 Å². The molecule has 0 spiro atoms. The maximum absolute atomic E-state index is 12.1. The largest absolute Gasteiger partial charge is 0.480 e. The molecule has 0 aliphatic heterocycles. The van der Waals surface area contributed by atoms with Crippen LogP contribution in [-0.2, 0) is 14.3 Å². The van der Waals surface area contributed by atoms with Crippen molar-refractivity contribution < 1.29 is 24.2 Å². The van der Waals surface area contributed by atoms with Gasteiger partial charge in [0.1, 0.15) is 12.1 Å². The number of hydrogen-bond donors (Lipinski definition) is 3. The highest BCUT2D eigenvalue weighted by Gasteiger charge is 2.33. The molecule has 0 bridgehead atoms. The van der Waals surface area contributed by atoms with Crippen LogP contribution in [0.4, 0.5) is 4.79 Å². The highest BCUT2D eigenvalue weighted by Crippen LogP contribution is 2.44. The lowest BCUT2D eigenvalue weighted by atomic mass is 9.96. The number of hydrogen-bond acceptors (Lipinski definition) is 4. The molecule has 0 radical (unpaired) electrons. The molecule has 7 heteroatoms. The molecule has 7 nitrogen and oxygen atoms in total. The van der Waals surface area contributed by atoms with Gasteiger partial charge >= 0.3 is 12.1 Å². The molecule has 1 aliphatic rings. The molecule has 1 atom stereocenters. The predicted octanol–water partition coefficient (Wildman–Crippen LogP) is 3.84. The minimum absolute atomic E-state index is 0.0262. The number of carboxylic acid groups (broad SMARTS) is 1. The lowest BCUT2D eigenvalue weighted by Crippen LogP contribution is -2.51. The molecule has 2 aromatic carbocycles. The molecule has 3 rings (SSSR count). The number of rotatable bonds is 9.